The molecule has 3 heteroatoms. The highest BCUT2D eigenvalue weighted by Crippen LogP contribution is 2.18. The van der Waals surface area contributed by atoms with Crippen LogP contribution >= 0.6 is 9.24 Å². The van der Waals surface area contributed by atoms with Crippen molar-refractivity contribution in [3.63, 3.8) is 0 Å². The molecule has 2 nitrogen and oxygen atoms in total. The van der Waals surface area contributed by atoms with Crippen molar-refractivity contribution < 1.29 is 9.53 Å². The first-order valence-electron chi connectivity index (χ1n) is 4.49. The van der Waals surface area contributed by atoms with Gasteiger partial charge < -0.3 is 9.53 Å². The molecule has 1 atom stereocenters. The summed E-state index contributed by atoms with van der Waals surface area (Å²) < 4.78 is 5.27. The van der Waals surface area contributed by atoms with Crippen LogP contribution in [0.1, 0.15) is 18.9 Å². The Hall–Kier alpha value is -0.880. The lowest BCUT2D eigenvalue weighted by molar-refractivity contribution is -0.0979. The molecule has 0 spiro atoms. The van der Waals surface area contributed by atoms with Gasteiger partial charge in [-0.15, -0.1) is 9.24 Å². The Labute approximate surface area is 87.9 Å². The van der Waals surface area contributed by atoms with Gasteiger partial charge >= 0.3 is 0 Å². The quantitative estimate of drug-likeness (QED) is 0.716. The topological polar surface area (TPSA) is 26.3 Å². The Balaban J connectivity index is 0.000000791. The van der Waals surface area contributed by atoms with Crippen LogP contribution in [0.25, 0.3) is 0 Å². The van der Waals surface area contributed by atoms with Gasteiger partial charge in [0.15, 0.2) is 0 Å². The van der Waals surface area contributed by atoms with Crippen LogP contribution in [-0.4, -0.2) is 13.9 Å². The van der Waals surface area contributed by atoms with Crippen molar-refractivity contribution in [2.45, 2.75) is 19.8 Å². The van der Waals surface area contributed by atoms with E-state index in [1.165, 1.54) is 10.9 Å². The lowest BCUT2D eigenvalue weighted by Crippen LogP contribution is -1.97. The predicted molar refractivity (Wildman–Crippen MR) is 63.5 cm³/mol. The van der Waals surface area contributed by atoms with E-state index >= 15 is 0 Å². The average molecular weight is 212 g/mol. The monoisotopic (exact) mass is 212 g/mol. The van der Waals surface area contributed by atoms with Gasteiger partial charge in [0.05, 0.1) is 7.11 Å². The first-order chi connectivity index (χ1) is 6.77. The average Bonchev–Trinajstić information content (AvgIpc) is 2.24. The van der Waals surface area contributed by atoms with Gasteiger partial charge in [-0.05, 0) is 23.4 Å². The number of ether oxygens (including phenoxy) is 1. The van der Waals surface area contributed by atoms with E-state index in [-0.39, 0.29) is 0 Å². The van der Waals surface area contributed by atoms with Crippen LogP contribution in [0, 0.1) is 0 Å². The number of hydrogen-bond donors (Lipinski definition) is 0. The highest BCUT2D eigenvalue weighted by molar-refractivity contribution is 7.27. The minimum Gasteiger partial charge on any atom is -0.496 e. The zero-order valence-corrected chi connectivity index (χ0v) is 9.90. The van der Waals surface area contributed by atoms with Gasteiger partial charge in [-0.25, -0.2) is 0 Å². The number of carbonyl (C=O) groups excluding carboxylic acids is 1. The zero-order valence-electron chi connectivity index (χ0n) is 8.75. The van der Waals surface area contributed by atoms with Crippen LogP contribution in [-0.2, 0) is 11.2 Å². The summed E-state index contributed by atoms with van der Waals surface area (Å²) >= 11 is 0. The predicted octanol–water partition coefficient (Wildman–Crippen LogP) is 1.96. The summed E-state index contributed by atoms with van der Waals surface area (Å²) in [6.07, 6.45) is 2.25. The van der Waals surface area contributed by atoms with Gasteiger partial charge in [-0.1, -0.05) is 25.5 Å². The van der Waals surface area contributed by atoms with Gasteiger partial charge in [0.2, 0.25) is 0 Å². The van der Waals surface area contributed by atoms with E-state index in [9.17, 15) is 0 Å². The molecule has 0 saturated heterocycles. The first kappa shape index (κ1) is 13.1. The number of aryl methyl sites for hydroxylation is 1. The maximum Gasteiger partial charge on any atom is 0.122 e. The summed E-state index contributed by atoms with van der Waals surface area (Å²) in [4.78, 5) is 8.00. The van der Waals surface area contributed by atoms with E-state index in [1.807, 2.05) is 6.79 Å². The number of methoxy groups -OCH3 is 1. The number of hydrogen-bond acceptors (Lipinski definition) is 2. The largest absolute Gasteiger partial charge is 0.496 e. The molecule has 0 aliphatic heterocycles. The van der Waals surface area contributed by atoms with Crippen molar-refractivity contribution in [1.82, 2.24) is 0 Å². The number of rotatable bonds is 3. The highest BCUT2D eigenvalue weighted by atomic mass is 31.0. The van der Waals surface area contributed by atoms with E-state index in [4.69, 9.17) is 9.53 Å². The summed E-state index contributed by atoms with van der Waals surface area (Å²) in [7, 11) is 4.39. The lowest BCUT2D eigenvalue weighted by atomic mass is 10.1. The Bertz CT molecular complexity index is 274. The molecule has 1 aromatic carbocycles. The minimum absolute atomic E-state index is 1.00. The summed E-state index contributed by atoms with van der Waals surface area (Å²) in [5.41, 5.74) is 1.30. The third-order valence-electron chi connectivity index (χ3n) is 1.83. The third kappa shape index (κ3) is 3.89. The van der Waals surface area contributed by atoms with Crippen LogP contribution in [0.5, 0.6) is 5.75 Å². The Morgan fingerprint density at radius 2 is 2.07 bits per heavy atom. The Morgan fingerprint density at radius 1 is 1.43 bits per heavy atom. The van der Waals surface area contributed by atoms with Gasteiger partial charge in [-0.2, -0.15) is 0 Å². The van der Waals surface area contributed by atoms with E-state index in [1.54, 1.807) is 7.11 Å². The SMILES string of the molecule is C=O.CCCc1ccc(P)cc1OC. The molecule has 1 rings (SSSR count). The summed E-state index contributed by atoms with van der Waals surface area (Å²) in [6.45, 7) is 4.17. The maximum absolute atomic E-state index is 8.00. The van der Waals surface area contributed by atoms with Crippen molar-refractivity contribution in [3.8, 4) is 5.75 Å². The summed E-state index contributed by atoms with van der Waals surface area (Å²) in [6, 6.07) is 6.28. The van der Waals surface area contributed by atoms with Gasteiger partial charge in [0.1, 0.15) is 12.5 Å². The van der Waals surface area contributed by atoms with Crippen molar-refractivity contribution in [2.24, 2.45) is 0 Å². The van der Waals surface area contributed by atoms with E-state index in [0.29, 0.717) is 0 Å². The Morgan fingerprint density at radius 3 is 2.57 bits per heavy atom. The number of carbonyl (C=O) groups is 1. The lowest BCUT2D eigenvalue weighted by Gasteiger charge is -2.07. The molecule has 0 aliphatic carbocycles. The van der Waals surface area contributed by atoms with Crippen LogP contribution in [0.3, 0.4) is 0 Å². The van der Waals surface area contributed by atoms with Crippen LogP contribution < -0.4 is 10.0 Å². The first-order valence-corrected chi connectivity index (χ1v) is 5.07. The molecule has 0 saturated carbocycles. The van der Waals surface area contributed by atoms with Crippen molar-refractivity contribution >= 4 is 21.3 Å². The van der Waals surface area contributed by atoms with Crippen LogP contribution in [0.4, 0.5) is 0 Å². The van der Waals surface area contributed by atoms with Gasteiger partial charge in [-0.3, -0.25) is 0 Å². The minimum atomic E-state index is 1.00. The standard InChI is InChI=1S/C10H15OP.CH2O/c1-3-4-8-5-6-9(12)7-10(8)11-2;1-2/h5-7H,3-4,12H2,1-2H3;1H2. The molecule has 0 bridgehead atoms. The fourth-order valence-electron chi connectivity index (χ4n) is 1.24. The summed E-state index contributed by atoms with van der Waals surface area (Å²) in [5.74, 6) is 1.00. The molecule has 0 aliphatic rings. The van der Waals surface area contributed by atoms with Gasteiger partial charge in [0, 0.05) is 0 Å². The second-order valence-corrected chi connectivity index (χ2v) is 3.49. The summed E-state index contributed by atoms with van der Waals surface area (Å²) in [5, 5.41) is 1.17. The van der Waals surface area contributed by atoms with E-state index in [2.05, 4.69) is 34.4 Å². The van der Waals surface area contributed by atoms with Crippen LogP contribution in [0.15, 0.2) is 18.2 Å². The van der Waals surface area contributed by atoms with Gasteiger partial charge in [0.25, 0.3) is 0 Å². The molecule has 78 valence electrons. The fraction of sp³-hybridized carbons (Fsp3) is 0.364. The molecule has 14 heavy (non-hydrogen) atoms. The molecular weight excluding hydrogens is 195 g/mol. The zero-order chi connectivity index (χ0) is 11.0. The maximum atomic E-state index is 8.00. The molecule has 0 aromatic heterocycles. The molecule has 0 N–H and O–H groups in total. The van der Waals surface area contributed by atoms with Crippen LogP contribution in [0.2, 0.25) is 0 Å². The van der Waals surface area contributed by atoms with Crippen molar-refractivity contribution in [1.29, 1.82) is 0 Å². The Kier molecular flexibility index (Phi) is 7.04. The smallest absolute Gasteiger partial charge is 0.122 e. The second kappa shape index (κ2) is 7.52. The molecule has 1 unspecified atom stereocenters. The molecule has 0 fully saturated rings. The van der Waals surface area contributed by atoms with E-state index < -0.39 is 0 Å². The molecular formula is C11H17O2P. The molecule has 1 aromatic rings. The van der Waals surface area contributed by atoms with E-state index in [0.717, 1.165) is 18.6 Å². The fourth-order valence-corrected chi connectivity index (χ4v) is 1.48. The second-order valence-electron chi connectivity index (χ2n) is 2.82. The normalized spacial score (nSPS) is 8.79. The molecule has 0 heterocycles. The number of benzene rings is 1. The highest BCUT2D eigenvalue weighted by Gasteiger charge is 2.00. The third-order valence-corrected chi connectivity index (χ3v) is 2.19. The van der Waals surface area contributed by atoms with Crippen molar-refractivity contribution in [3.05, 3.63) is 23.8 Å². The van der Waals surface area contributed by atoms with Crippen molar-refractivity contribution in [2.75, 3.05) is 7.11 Å². The molecule has 0 radical (unpaired) electrons. The molecule has 0 amide bonds.